The van der Waals surface area contributed by atoms with Gasteiger partial charge in [0.2, 0.25) is 5.91 Å². The maximum atomic E-state index is 12.4. The molecule has 1 atom stereocenters. The Morgan fingerprint density at radius 2 is 2.15 bits per heavy atom. The zero-order valence-corrected chi connectivity index (χ0v) is 11.4. The summed E-state index contributed by atoms with van der Waals surface area (Å²) < 4.78 is 42.3. The number of anilines is 1. The lowest BCUT2D eigenvalue weighted by Gasteiger charge is -2.14. The molecular formula is C12H14ClF3N2O2. The van der Waals surface area contributed by atoms with Crippen molar-refractivity contribution in [3.8, 4) is 0 Å². The first-order valence-corrected chi connectivity index (χ1v) is 6.05. The fraction of sp³-hybridized carbons (Fsp3) is 0.417. The standard InChI is InChI=1S/C12H14ClF3N2O2/c1-20-8(6-17)5-11(19)18-10-3-2-7(4-9(10)13)12(14,15)16/h2-4,8H,5-6,17H2,1H3,(H,18,19). The number of alkyl halides is 3. The van der Waals surface area contributed by atoms with Crippen LogP contribution in [-0.2, 0) is 15.7 Å². The van der Waals surface area contributed by atoms with Crippen molar-refractivity contribution in [2.75, 3.05) is 19.0 Å². The van der Waals surface area contributed by atoms with Crippen LogP contribution >= 0.6 is 11.6 Å². The summed E-state index contributed by atoms with van der Waals surface area (Å²) >= 11 is 5.71. The fourth-order valence-corrected chi connectivity index (χ4v) is 1.69. The highest BCUT2D eigenvalue weighted by molar-refractivity contribution is 6.33. The first-order valence-electron chi connectivity index (χ1n) is 5.67. The van der Waals surface area contributed by atoms with E-state index in [0.717, 1.165) is 18.2 Å². The zero-order chi connectivity index (χ0) is 15.3. The smallest absolute Gasteiger partial charge is 0.380 e. The van der Waals surface area contributed by atoms with Crippen LogP contribution in [0.15, 0.2) is 18.2 Å². The number of ether oxygens (including phenoxy) is 1. The molecule has 0 radical (unpaired) electrons. The van der Waals surface area contributed by atoms with Gasteiger partial charge in [-0.1, -0.05) is 11.6 Å². The van der Waals surface area contributed by atoms with Crippen molar-refractivity contribution in [3.63, 3.8) is 0 Å². The molecule has 3 N–H and O–H groups in total. The number of methoxy groups -OCH3 is 1. The third-order valence-electron chi connectivity index (χ3n) is 2.58. The maximum absolute atomic E-state index is 12.4. The van der Waals surface area contributed by atoms with Gasteiger partial charge in [0, 0.05) is 13.7 Å². The predicted molar refractivity (Wildman–Crippen MR) is 69.6 cm³/mol. The third-order valence-corrected chi connectivity index (χ3v) is 2.89. The number of hydrogen-bond donors (Lipinski definition) is 2. The molecule has 0 fully saturated rings. The molecule has 1 rings (SSSR count). The number of carbonyl (C=O) groups is 1. The van der Waals surface area contributed by atoms with Crippen LogP contribution < -0.4 is 11.1 Å². The average molecular weight is 311 g/mol. The Labute approximate surface area is 119 Å². The van der Waals surface area contributed by atoms with Gasteiger partial charge in [-0.3, -0.25) is 4.79 Å². The van der Waals surface area contributed by atoms with Crippen molar-refractivity contribution in [2.45, 2.75) is 18.7 Å². The van der Waals surface area contributed by atoms with E-state index >= 15 is 0 Å². The summed E-state index contributed by atoms with van der Waals surface area (Å²) in [5, 5.41) is 2.23. The lowest BCUT2D eigenvalue weighted by molar-refractivity contribution is -0.137. The Hall–Kier alpha value is -1.31. The molecule has 0 aliphatic carbocycles. The number of carbonyl (C=O) groups excluding carboxylic acids is 1. The van der Waals surface area contributed by atoms with Crippen LogP contribution in [-0.4, -0.2) is 25.7 Å². The molecule has 1 aromatic carbocycles. The molecule has 0 bridgehead atoms. The van der Waals surface area contributed by atoms with E-state index in [1.165, 1.54) is 7.11 Å². The van der Waals surface area contributed by atoms with Crippen LogP contribution in [0.5, 0.6) is 0 Å². The molecule has 1 aromatic rings. The molecular weight excluding hydrogens is 297 g/mol. The first kappa shape index (κ1) is 16.7. The van der Waals surface area contributed by atoms with E-state index in [1.54, 1.807) is 0 Å². The van der Waals surface area contributed by atoms with Gasteiger partial charge < -0.3 is 15.8 Å². The van der Waals surface area contributed by atoms with Crippen LogP contribution in [0.2, 0.25) is 5.02 Å². The highest BCUT2D eigenvalue weighted by Gasteiger charge is 2.31. The minimum absolute atomic E-state index is 0.00957. The second-order valence-electron chi connectivity index (χ2n) is 4.04. The summed E-state index contributed by atoms with van der Waals surface area (Å²) in [5.74, 6) is -0.441. The first-order chi connectivity index (χ1) is 9.27. The Bertz CT molecular complexity index is 476. The van der Waals surface area contributed by atoms with Gasteiger partial charge in [-0.2, -0.15) is 13.2 Å². The molecule has 0 saturated carbocycles. The second-order valence-corrected chi connectivity index (χ2v) is 4.45. The number of hydrogen-bond acceptors (Lipinski definition) is 3. The Morgan fingerprint density at radius 1 is 1.50 bits per heavy atom. The third kappa shape index (κ3) is 4.66. The van der Waals surface area contributed by atoms with Gasteiger partial charge in [0.05, 0.1) is 28.8 Å². The number of rotatable bonds is 5. The summed E-state index contributed by atoms with van der Waals surface area (Å²) in [6.07, 6.45) is -4.94. The maximum Gasteiger partial charge on any atom is 0.416 e. The molecule has 20 heavy (non-hydrogen) atoms. The van der Waals surface area contributed by atoms with E-state index in [-0.39, 0.29) is 23.7 Å². The zero-order valence-electron chi connectivity index (χ0n) is 10.6. The number of halogens is 4. The van der Waals surface area contributed by atoms with Crippen molar-refractivity contribution in [1.82, 2.24) is 0 Å². The van der Waals surface area contributed by atoms with Crippen LogP contribution in [0, 0.1) is 0 Å². The number of nitrogens with two attached hydrogens (primary N) is 1. The summed E-state index contributed by atoms with van der Waals surface area (Å²) in [5.41, 5.74) is 4.60. The summed E-state index contributed by atoms with van der Waals surface area (Å²) in [4.78, 5) is 11.6. The van der Waals surface area contributed by atoms with Gasteiger partial charge in [-0.15, -0.1) is 0 Å². The van der Waals surface area contributed by atoms with E-state index in [2.05, 4.69) is 5.32 Å². The van der Waals surface area contributed by atoms with Crippen LogP contribution in [0.1, 0.15) is 12.0 Å². The number of amides is 1. The highest BCUT2D eigenvalue weighted by Crippen LogP contribution is 2.33. The fourth-order valence-electron chi connectivity index (χ4n) is 1.46. The van der Waals surface area contributed by atoms with E-state index in [1.807, 2.05) is 0 Å². The van der Waals surface area contributed by atoms with Crippen molar-refractivity contribution < 1.29 is 22.7 Å². The highest BCUT2D eigenvalue weighted by atomic mass is 35.5. The Balaban J connectivity index is 2.76. The molecule has 112 valence electrons. The number of benzene rings is 1. The average Bonchev–Trinajstić information content (AvgIpc) is 2.37. The van der Waals surface area contributed by atoms with Crippen molar-refractivity contribution in [2.24, 2.45) is 5.73 Å². The molecule has 0 spiro atoms. The summed E-state index contributed by atoms with van der Waals surface area (Å²) in [7, 11) is 1.41. The quantitative estimate of drug-likeness (QED) is 0.879. The minimum Gasteiger partial charge on any atom is -0.380 e. The van der Waals surface area contributed by atoms with E-state index in [4.69, 9.17) is 22.1 Å². The minimum atomic E-state index is -4.48. The Kier molecular flexibility index (Phi) is 5.79. The van der Waals surface area contributed by atoms with Crippen molar-refractivity contribution in [3.05, 3.63) is 28.8 Å². The lowest BCUT2D eigenvalue weighted by atomic mass is 10.2. The lowest BCUT2D eigenvalue weighted by Crippen LogP contribution is -2.28. The topological polar surface area (TPSA) is 64.3 Å². The summed E-state index contributed by atoms with van der Waals surface area (Å²) in [6, 6.07) is 2.71. The molecule has 4 nitrogen and oxygen atoms in total. The molecule has 0 heterocycles. The number of nitrogens with one attached hydrogen (secondary N) is 1. The van der Waals surface area contributed by atoms with Gasteiger partial charge in [0.15, 0.2) is 0 Å². The molecule has 0 aliphatic rings. The molecule has 1 unspecified atom stereocenters. The molecule has 8 heteroatoms. The van der Waals surface area contributed by atoms with Crippen molar-refractivity contribution in [1.29, 1.82) is 0 Å². The van der Waals surface area contributed by atoms with Crippen LogP contribution in [0.4, 0.5) is 18.9 Å². The predicted octanol–water partition coefficient (Wildman–Crippen LogP) is 2.66. The molecule has 1 amide bonds. The second kappa shape index (κ2) is 6.92. The molecule has 0 aromatic heterocycles. The summed E-state index contributed by atoms with van der Waals surface area (Å²) in [6.45, 7) is 0.157. The SMILES string of the molecule is COC(CN)CC(=O)Nc1ccc(C(F)(F)F)cc1Cl. The van der Waals surface area contributed by atoms with Gasteiger partial charge in [-0.05, 0) is 18.2 Å². The van der Waals surface area contributed by atoms with Gasteiger partial charge >= 0.3 is 6.18 Å². The van der Waals surface area contributed by atoms with Gasteiger partial charge in [0.25, 0.3) is 0 Å². The largest absolute Gasteiger partial charge is 0.416 e. The van der Waals surface area contributed by atoms with Crippen LogP contribution in [0.3, 0.4) is 0 Å². The normalized spacial score (nSPS) is 13.1. The van der Waals surface area contributed by atoms with E-state index in [9.17, 15) is 18.0 Å². The monoisotopic (exact) mass is 310 g/mol. The van der Waals surface area contributed by atoms with E-state index in [0.29, 0.717) is 0 Å². The van der Waals surface area contributed by atoms with Crippen LogP contribution in [0.25, 0.3) is 0 Å². The van der Waals surface area contributed by atoms with E-state index < -0.39 is 23.8 Å². The molecule has 0 saturated heterocycles. The van der Waals surface area contributed by atoms with Crippen molar-refractivity contribution >= 4 is 23.2 Å². The van der Waals surface area contributed by atoms with Gasteiger partial charge in [0.1, 0.15) is 0 Å². The Morgan fingerprint density at radius 3 is 2.60 bits per heavy atom. The molecule has 0 aliphatic heterocycles. The van der Waals surface area contributed by atoms with Gasteiger partial charge in [-0.25, -0.2) is 0 Å².